The van der Waals surface area contributed by atoms with Crippen molar-refractivity contribution in [3.8, 4) is 0 Å². The fraction of sp³-hybridized carbons (Fsp3) is 0.500. The molecule has 0 aromatic heterocycles. The monoisotopic (exact) mass is 177 g/mol. The van der Waals surface area contributed by atoms with Crippen molar-refractivity contribution in [3.05, 3.63) is 34.9 Å². The zero-order valence-electron chi connectivity index (χ0n) is 9.02. The van der Waals surface area contributed by atoms with Crippen LogP contribution in [0.15, 0.2) is 18.2 Å². The van der Waals surface area contributed by atoms with Crippen LogP contribution in [0, 0.1) is 13.8 Å². The van der Waals surface area contributed by atoms with E-state index < -0.39 is 0 Å². The van der Waals surface area contributed by atoms with E-state index in [9.17, 15) is 0 Å². The first kappa shape index (κ1) is 10.3. The van der Waals surface area contributed by atoms with Crippen LogP contribution in [-0.4, -0.2) is 0 Å². The number of hydrogen-bond acceptors (Lipinski definition) is 1. The Hall–Kier alpha value is -0.820. The molecule has 0 aliphatic rings. The van der Waals surface area contributed by atoms with Gasteiger partial charge < -0.3 is 5.73 Å². The summed E-state index contributed by atoms with van der Waals surface area (Å²) in [5, 5.41) is 0. The molecule has 13 heavy (non-hydrogen) atoms. The first-order valence-electron chi connectivity index (χ1n) is 4.84. The molecule has 2 N–H and O–H groups in total. The van der Waals surface area contributed by atoms with Crippen LogP contribution in [0.3, 0.4) is 0 Å². The molecule has 1 aromatic rings. The number of benzene rings is 1. The molecule has 1 unspecified atom stereocenters. The number of hydrogen-bond donors (Lipinski definition) is 1. The van der Waals surface area contributed by atoms with E-state index in [2.05, 4.69) is 45.9 Å². The van der Waals surface area contributed by atoms with Crippen molar-refractivity contribution in [3.63, 3.8) is 0 Å². The predicted molar refractivity (Wildman–Crippen MR) is 57.7 cm³/mol. The first-order valence-corrected chi connectivity index (χ1v) is 4.84. The van der Waals surface area contributed by atoms with Crippen LogP contribution in [0.4, 0.5) is 0 Å². The van der Waals surface area contributed by atoms with Crippen LogP contribution in [-0.2, 0) is 5.54 Å². The smallest absolute Gasteiger partial charge is 0.0381 e. The molecule has 0 amide bonds. The third-order valence-corrected chi connectivity index (χ3v) is 2.74. The number of nitrogens with two attached hydrogens (primary N) is 1. The zero-order valence-corrected chi connectivity index (χ0v) is 9.02. The molecule has 1 atom stereocenters. The minimum atomic E-state index is -0.184. The van der Waals surface area contributed by atoms with E-state index in [-0.39, 0.29) is 5.54 Å². The lowest BCUT2D eigenvalue weighted by molar-refractivity contribution is 0.473. The molecular formula is C12H19N. The summed E-state index contributed by atoms with van der Waals surface area (Å²) in [6.45, 7) is 8.45. The topological polar surface area (TPSA) is 26.0 Å². The maximum Gasteiger partial charge on any atom is 0.0381 e. The van der Waals surface area contributed by atoms with Crippen molar-refractivity contribution < 1.29 is 0 Å². The largest absolute Gasteiger partial charge is 0.322 e. The molecule has 0 heterocycles. The van der Waals surface area contributed by atoms with E-state index in [1.807, 2.05) is 0 Å². The second kappa shape index (κ2) is 3.51. The fourth-order valence-corrected chi connectivity index (χ4v) is 1.54. The van der Waals surface area contributed by atoms with Crippen LogP contribution in [0.2, 0.25) is 0 Å². The van der Waals surface area contributed by atoms with Gasteiger partial charge in [0.1, 0.15) is 0 Å². The highest BCUT2D eigenvalue weighted by Gasteiger charge is 2.20. The van der Waals surface area contributed by atoms with Crippen LogP contribution in [0.5, 0.6) is 0 Å². The number of aryl methyl sites for hydroxylation is 2. The van der Waals surface area contributed by atoms with E-state index in [4.69, 9.17) is 5.73 Å². The van der Waals surface area contributed by atoms with Crippen LogP contribution in [0.1, 0.15) is 37.0 Å². The Kier molecular flexibility index (Phi) is 2.77. The summed E-state index contributed by atoms with van der Waals surface area (Å²) < 4.78 is 0. The SMILES string of the molecule is CCC(C)(N)c1cc(C)ccc1C. The highest BCUT2D eigenvalue weighted by Crippen LogP contribution is 2.25. The van der Waals surface area contributed by atoms with Crippen LogP contribution in [0.25, 0.3) is 0 Å². The summed E-state index contributed by atoms with van der Waals surface area (Å²) in [6.07, 6.45) is 0.970. The van der Waals surface area contributed by atoms with Gasteiger partial charge in [0.15, 0.2) is 0 Å². The molecule has 0 fully saturated rings. The average Bonchev–Trinajstić information content (AvgIpc) is 2.09. The Bertz CT molecular complexity index is 300. The lowest BCUT2D eigenvalue weighted by atomic mass is 9.86. The average molecular weight is 177 g/mol. The Morgan fingerprint density at radius 3 is 2.46 bits per heavy atom. The summed E-state index contributed by atoms with van der Waals surface area (Å²) in [6, 6.07) is 6.47. The normalized spacial score (nSPS) is 15.5. The van der Waals surface area contributed by atoms with Gasteiger partial charge in [-0.15, -0.1) is 0 Å². The highest BCUT2D eigenvalue weighted by molar-refractivity contribution is 5.35. The van der Waals surface area contributed by atoms with Gasteiger partial charge in [0.05, 0.1) is 0 Å². The lowest BCUT2D eigenvalue weighted by Crippen LogP contribution is -2.32. The van der Waals surface area contributed by atoms with E-state index in [0.717, 1.165) is 6.42 Å². The number of rotatable bonds is 2. The van der Waals surface area contributed by atoms with E-state index in [1.54, 1.807) is 0 Å². The van der Waals surface area contributed by atoms with E-state index in [1.165, 1.54) is 16.7 Å². The summed E-state index contributed by atoms with van der Waals surface area (Å²) in [5.74, 6) is 0. The Morgan fingerprint density at radius 2 is 1.92 bits per heavy atom. The summed E-state index contributed by atoms with van der Waals surface area (Å²) in [7, 11) is 0. The molecule has 0 bridgehead atoms. The standard InChI is InChI=1S/C12H19N/c1-5-12(4,13)11-8-9(2)6-7-10(11)3/h6-8H,5,13H2,1-4H3. The van der Waals surface area contributed by atoms with E-state index >= 15 is 0 Å². The van der Waals surface area contributed by atoms with E-state index in [0.29, 0.717) is 0 Å². The summed E-state index contributed by atoms with van der Waals surface area (Å²) in [4.78, 5) is 0. The van der Waals surface area contributed by atoms with Gasteiger partial charge in [-0.2, -0.15) is 0 Å². The third kappa shape index (κ3) is 2.10. The molecule has 0 aliphatic heterocycles. The molecule has 72 valence electrons. The molecule has 0 aliphatic carbocycles. The van der Waals surface area contributed by atoms with Gasteiger partial charge in [-0.3, -0.25) is 0 Å². The maximum absolute atomic E-state index is 6.21. The molecular weight excluding hydrogens is 158 g/mol. The quantitative estimate of drug-likeness (QED) is 0.738. The second-order valence-electron chi connectivity index (χ2n) is 4.09. The molecule has 1 nitrogen and oxygen atoms in total. The third-order valence-electron chi connectivity index (χ3n) is 2.74. The lowest BCUT2D eigenvalue weighted by Gasteiger charge is -2.25. The van der Waals surface area contributed by atoms with Gasteiger partial charge >= 0.3 is 0 Å². The summed E-state index contributed by atoms with van der Waals surface area (Å²) >= 11 is 0. The molecule has 1 aromatic carbocycles. The van der Waals surface area contributed by atoms with Crippen LogP contribution >= 0.6 is 0 Å². The van der Waals surface area contributed by atoms with Gasteiger partial charge in [-0.1, -0.05) is 30.7 Å². The van der Waals surface area contributed by atoms with Crippen molar-refractivity contribution in [2.24, 2.45) is 5.73 Å². The van der Waals surface area contributed by atoms with Gasteiger partial charge in [0.25, 0.3) is 0 Å². The Morgan fingerprint density at radius 1 is 1.31 bits per heavy atom. The fourth-order valence-electron chi connectivity index (χ4n) is 1.54. The minimum absolute atomic E-state index is 0.184. The summed E-state index contributed by atoms with van der Waals surface area (Å²) in [5.41, 5.74) is 9.87. The van der Waals surface area contributed by atoms with Crippen molar-refractivity contribution in [1.29, 1.82) is 0 Å². The van der Waals surface area contributed by atoms with Gasteiger partial charge in [0, 0.05) is 5.54 Å². The second-order valence-corrected chi connectivity index (χ2v) is 4.09. The maximum atomic E-state index is 6.21. The Labute approximate surface area is 81.0 Å². The molecule has 0 spiro atoms. The zero-order chi connectivity index (χ0) is 10.1. The molecule has 0 saturated heterocycles. The molecule has 0 saturated carbocycles. The predicted octanol–water partition coefficient (Wildman–Crippen LogP) is 2.89. The van der Waals surface area contributed by atoms with Crippen LogP contribution < -0.4 is 5.73 Å². The van der Waals surface area contributed by atoms with Crippen molar-refractivity contribution >= 4 is 0 Å². The van der Waals surface area contributed by atoms with Gasteiger partial charge in [-0.05, 0) is 38.3 Å². The molecule has 0 radical (unpaired) electrons. The highest BCUT2D eigenvalue weighted by atomic mass is 14.7. The first-order chi connectivity index (χ1) is 5.97. The van der Waals surface area contributed by atoms with Crippen molar-refractivity contribution in [1.82, 2.24) is 0 Å². The van der Waals surface area contributed by atoms with Gasteiger partial charge in [0.2, 0.25) is 0 Å². The molecule has 1 heteroatoms. The van der Waals surface area contributed by atoms with Crippen molar-refractivity contribution in [2.75, 3.05) is 0 Å². The molecule has 1 rings (SSSR count). The minimum Gasteiger partial charge on any atom is -0.322 e. The van der Waals surface area contributed by atoms with Gasteiger partial charge in [-0.25, -0.2) is 0 Å². The Balaban J connectivity index is 3.20. The van der Waals surface area contributed by atoms with Crippen molar-refractivity contribution in [2.45, 2.75) is 39.7 Å².